The minimum atomic E-state index is 1.03. The molecule has 0 saturated heterocycles. The zero-order valence-corrected chi connectivity index (χ0v) is 6.93. The van der Waals surface area contributed by atoms with Crippen LogP contribution in [-0.4, -0.2) is 0 Å². The van der Waals surface area contributed by atoms with Gasteiger partial charge < -0.3 is 0 Å². The molecule has 0 spiro atoms. The van der Waals surface area contributed by atoms with E-state index in [4.69, 9.17) is 0 Å². The summed E-state index contributed by atoms with van der Waals surface area (Å²) in [5.41, 5.74) is 1.03. The summed E-state index contributed by atoms with van der Waals surface area (Å²) < 4.78 is 0. The molecule has 0 bridgehead atoms. The van der Waals surface area contributed by atoms with Crippen LogP contribution in [0, 0.1) is 0 Å². The summed E-state index contributed by atoms with van der Waals surface area (Å²) in [6.45, 7) is 11.8. The Labute approximate surface area is 71.2 Å². The lowest BCUT2D eigenvalue weighted by molar-refractivity contribution is 1.43. The third kappa shape index (κ3) is 0.850. The van der Waals surface area contributed by atoms with Gasteiger partial charge in [-0.25, -0.2) is 0 Å². The molecule has 0 amide bonds. The van der Waals surface area contributed by atoms with Crippen molar-refractivity contribution in [2.24, 2.45) is 0 Å². The molecule has 1 aromatic rings. The Morgan fingerprint density at radius 2 is 1.17 bits per heavy atom. The van der Waals surface area contributed by atoms with Crippen LogP contribution in [-0.2, 0) is 0 Å². The second-order valence-corrected chi connectivity index (χ2v) is 3.07. The van der Waals surface area contributed by atoms with Crippen LogP contribution in [0.5, 0.6) is 0 Å². The van der Waals surface area contributed by atoms with E-state index in [0.29, 0.717) is 0 Å². The van der Waals surface area contributed by atoms with E-state index in [1.807, 2.05) is 24.3 Å². The highest BCUT2D eigenvalue weighted by Gasteiger charge is 1.96. The monoisotopic (exact) mass is 154 g/mol. The first kappa shape index (κ1) is 7.11. The molecule has 0 N–H and O–H groups in total. The highest BCUT2D eigenvalue weighted by molar-refractivity contribution is 5.70. The molecule has 0 nitrogen and oxygen atoms in total. The van der Waals surface area contributed by atoms with Crippen molar-refractivity contribution < 1.29 is 0 Å². The van der Waals surface area contributed by atoms with Crippen molar-refractivity contribution in [1.29, 1.82) is 0 Å². The maximum absolute atomic E-state index is 3.95. The molecular formula is C12H10. The number of rotatable bonds is 0. The van der Waals surface area contributed by atoms with Crippen molar-refractivity contribution >= 4 is 25.3 Å². The van der Waals surface area contributed by atoms with Crippen molar-refractivity contribution in [3.05, 3.63) is 45.2 Å². The van der Waals surface area contributed by atoms with E-state index in [-0.39, 0.29) is 0 Å². The van der Waals surface area contributed by atoms with Crippen LogP contribution >= 0.6 is 0 Å². The van der Waals surface area contributed by atoms with Gasteiger partial charge in [0.15, 0.2) is 0 Å². The van der Waals surface area contributed by atoms with Crippen LogP contribution in [0.3, 0.4) is 0 Å². The smallest absolute Gasteiger partial charge is 0.0106 e. The van der Waals surface area contributed by atoms with E-state index in [2.05, 4.69) is 19.7 Å². The Morgan fingerprint density at radius 3 is 1.58 bits per heavy atom. The summed E-state index contributed by atoms with van der Waals surface area (Å²) in [6.07, 6.45) is 4.10. The van der Waals surface area contributed by atoms with Crippen LogP contribution in [0.4, 0.5) is 0 Å². The van der Waals surface area contributed by atoms with Crippen molar-refractivity contribution in [2.75, 3.05) is 0 Å². The zero-order valence-electron chi connectivity index (χ0n) is 6.93. The highest BCUT2D eigenvalue weighted by Crippen LogP contribution is 1.93. The summed E-state index contributed by atoms with van der Waals surface area (Å²) in [4.78, 5) is 0. The maximum Gasteiger partial charge on any atom is -0.0106 e. The van der Waals surface area contributed by atoms with Crippen LogP contribution in [0.2, 0.25) is 0 Å². The molecule has 0 saturated carbocycles. The molecule has 12 heavy (non-hydrogen) atoms. The van der Waals surface area contributed by atoms with Crippen LogP contribution in [0.15, 0.2) is 24.3 Å². The molecule has 2 rings (SSSR count). The first-order chi connectivity index (χ1) is 5.68. The maximum atomic E-state index is 3.95. The molecule has 0 heterocycles. The molecule has 0 fully saturated rings. The first-order valence-electron chi connectivity index (χ1n) is 3.88. The number of benzene rings is 1. The normalized spacial score (nSPS) is 13.5. The van der Waals surface area contributed by atoms with E-state index < -0.39 is 0 Å². The van der Waals surface area contributed by atoms with E-state index >= 15 is 0 Å². The fourth-order valence-electron chi connectivity index (χ4n) is 1.48. The fraction of sp³-hybridized carbons (Fsp3) is 0. The Kier molecular flexibility index (Phi) is 1.31. The zero-order chi connectivity index (χ0) is 8.72. The highest BCUT2D eigenvalue weighted by atomic mass is 14.0. The van der Waals surface area contributed by atoms with Crippen molar-refractivity contribution in [3.8, 4) is 0 Å². The summed E-state index contributed by atoms with van der Waals surface area (Å²) in [5, 5.41) is 4.44. The van der Waals surface area contributed by atoms with Crippen molar-refractivity contribution in [1.82, 2.24) is 0 Å². The summed E-state index contributed by atoms with van der Waals surface area (Å²) in [6, 6.07) is 3.98. The van der Waals surface area contributed by atoms with E-state index in [0.717, 1.165) is 16.0 Å². The molecule has 1 aliphatic carbocycles. The molecule has 1 aliphatic rings. The average Bonchev–Trinajstić information content (AvgIpc) is 2.41. The topological polar surface area (TPSA) is 0 Å². The van der Waals surface area contributed by atoms with Crippen LogP contribution < -0.4 is 20.9 Å². The molecule has 1 aromatic carbocycles. The third-order valence-electron chi connectivity index (χ3n) is 2.13. The molecule has 58 valence electrons. The van der Waals surface area contributed by atoms with Crippen molar-refractivity contribution in [2.45, 2.75) is 0 Å². The van der Waals surface area contributed by atoms with E-state index in [1.165, 1.54) is 10.4 Å². The SMILES string of the molecule is C=C1C=c2c(=C)ccc(=C)c2=C1. The summed E-state index contributed by atoms with van der Waals surface area (Å²) in [5.74, 6) is 0. The minimum Gasteiger partial charge on any atom is -0.0917 e. The lowest BCUT2D eigenvalue weighted by Crippen LogP contribution is -2.44. The second-order valence-electron chi connectivity index (χ2n) is 3.07. The number of allylic oxidation sites excluding steroid dienone is 1. The second kappa shape index (κ2) is 2.21. The first-order valence-corrected chi connectivity index (χ1v) is 3.88. The minimum absolute atomic E-state index is 1.03. The van der Waals surface area contributed by atoms with Gasteiger partial charge in [0.1, 0.15) is 0 Å². The third-order valence-corrected chi connectivity index (χ3v) is 2.13. The van der Waals surface area contributed by atoms with Gasteiger partial charge in [-0.1, -0.05) is 31.9 Å². The van der Waals surface area contributed by atoms with Gasteiger partial charge in [-0.15, -0.1) is 0 Å². The van der Waals surface area contributed by atoms with Gasteiger partial charge in [0.05, 0.1) is 0 Å². The van der Waals surface area contributed by atoms with Crippen LogP contribution in [0.1, 0.15) is 0 Å². The predicted molar refractivity (Wildman–Crippen MR) is 54.1 cm³/mol. The Morgan fingerprint density at radius 1 is 0.750 bits per heavy atom. The van der Waals surface area contributed by atoms with Gasteiger partial charge >= 0.3 is 0 Å². The van der Waals surface area contributed by atoms with Gasteiger partial charge in [-0.2, -0.15) is 0 Å². The summed E-state index contributed by atoms with van der Waals surface area (Å²) >= 11 is 0. The molecule has 0 radical (unpaired) electrons. The number of fused-ring (bicyclic) bond motifs is 1. The van der Waals surface area contributed by atoms with Crippen LogP contribution in [0.25, 0.3) is 25.3 Å². The molecule has 0 heteroatoms. The van der Waals surface area contributed by atoms with Gasteiger partial charge in [0.2, 0.25) is 0 Å². The molecule has 0 aromatic heterocycles. The lowest BCUT2D eigenvalue weighted by Gasteiger charge is -1.86. The number of hydrogen-bond donors (Lipinski definition) is 0. The Bertz CT molecular complexity index is 508. The van der Waals surface area contributed by atoms with Gasteiger partial charge in [0.25, 0.3) is 0 Å². The quantitative estimate of drug-likeness (QED) is 0.478. The lowest BCUT2D eigenvalue weighted by atomic mass is 10.2. The Balaban J connectivity index is 3.22. The predicted octanol–water partition coefficient (Wildman–Crippen LogP) is -0.362. The molecule has 0 unspecified atom stereocenters. The van der Waals surface area contributed by atoms with Crippen molar-refractivity contribution in [3.63, 3.8) is 0 Å². The van der Waals surface area contributed by atoms with Gasteiger partial charge in [0, 0.05) is 0 Å². The molecular weight excluding hydrogens is 144 g/mol. The standard InChI is InChI=1S/C12H10/c1-8-6-11-9(2)4-5-10(3)12(11)7-8/h4-7H,1-3H2. The molecule has 0 atom stereocenters. The average molecular weight is 154 g/mol. The number of hydrogen-bond acceptors (Lipinski definition) is 0. The van der Waals surface area contributed by atoms with Gasteiger partial charge in [-0.05, 0) is 38.6 Å². The molecule has 0 aliphatic heterocycles. The van der Waals surface area contributed by atoms with Gasteiger partial charge in [-0.3, -0.25) is 0 Å². The largest absolute Gasteiger partial charge is 0.0917 e. The summed E-state index contributed by atoms with van der Waals surface area (Å²) in [7, 11) is 0. The van der Waals surface area contributed by atoms with E-state index in [1.54, 1.807) is 0 Å². The van der Waals surface area contributed by atoms with E-state index in [9.17, 15) is 0 Å². The fourth-order valence-corrected chi connectivity index (χ4v) is 1.48. The Hall–Kier alpha value is -1.56.